The molecule has 0 bridgehead atoms. The number of nitrogens with one attached hydrogen (secondary N) is 1. The molecule has 5 rings (SSSR count). The standard InChI is InChI=1S/C20H22N4O4S/c1-11-6-7-22-15-5-4-14(24(27)28)9-12(15)10-20(16(22)8-11)17(25)21-19(29)23(18(20)26)13-2-3-13/h4-5,9,11,13,16H,2-3,6-8,10H2,1H3,(H,21,25,29)/t11-,16-,20+/m0/s1. The van der Waals surface area contributed by atoms with Crippen molar-refractivity contribution in [2.75, 3.05) is 11.4 Å². The van der Waals surface area contributed by atoms with Gasteiger partial charge in [-0.2, -0.15) is 0 Å². The largest absolute Gasteiger partial charge is 0.367 e. The molecule has 152 valence electrons. The van der Waals surface area contributed by atoms with Crippen LogP contribution >= 0.6 is 12.2 Å². The predicted octanol–water partition coefficient (Wildman–Crippen LogP) is 2.15. The number of nitro groups is 1. The summed E-state index contributed by atoms with van der Waals surface area (Å²) >= 11 is 5.32. The average Bonchev–Trinajstić information content (AvgIpc) is 3.50. The first-order valence-corrected chi connectivity index (χ1v) is 10.5. The summed E-state index contributed by atoms with van der Waals surface area (Å²) in [6.07, 6.45) is 3.59. The normalized spacial score (nSPS) is 31.4. The maximum absolute atomic E-state index is 13.8. The molecule has 3 fully saturated rings. The molecule has 1 aromatic carbocycles. The molecule has 2 amide bonds. The fraction of sp³-hybridized carbons (Fsp3) is 0.550. The molecule has 3 atom stereocenters. The number of anilines is 1. The Morgan fingerprint density at radius 1 is 1.28 bits per heavy atom. The molecule has 8 nitrogen and oxygen atoms in total. The average molecular weight is 414 g/mol. The number of benzene rings is 1. The molecule has 1 aromatic rings. The van der Waals surface area contributed by atoms with Crippen molar-refractivity contribution in [2.45, 2.75) is 51.1 Å². The molecule has 3 aliphatic heterocycles. The van der Waals surface area contributed by atoms with Crippen LogP contribution in [0.5, 0.6) is 0 Å². The summed E-state index contributed by atoms with van der Waals surface area (Å²) < 4.78 is 0. The number of thiocarbonyl (C=S) groups is 1. The quantitative estimate of drug-likeness (QED) is 0.345. The van der Waals surface area contributed by atoms with Gasteiger partial charge >= 0.3 is 0 Å². The van der Waals surface area contributed by atoms with Crippen molar-refractivity contribution in [3.63, 3.8) is 0 Å². The molecule has 1 spiro atoms. The number of nitro benzene ring substituents is 1. The summed E-state index contributed by atoms with van der Waals surface area (Å²) in [5.74, 6) is -0.225. The van der Waals surface area contributed by atoms with Crippen LogP contribution in [0, 0.1) is 21.4 Å². The fourth-order valence-electron chi connectivity index (χ4n) is 5.21. The second-order valence-corrected chi connectivity index (χ2v) is 9.11. The Hall–Kier alpha value is -2.55. The van der Waals surface area contributed by atoms with Gasteiger partial charge in [-0.05, 0) is 55.4 Å². The zero-order valence-electron chi connectivity index (χ0n) is 16.1. The van der Waals surface area contributed by atoms with Crippen molar-refractivity contribution in [1.29, 1.82) is 0 Å². The molecule has 0 unspecified atom stereocenters. The molecule has 4 aliphatic rings. The highest BCUT2D eigenvalue weighted by Crippen LogP contribution is 2.50. The van der Waals surface area contributed by atoms with Crippen molar-refractivity contribution in [3.05, 3.63) is 33.9 Å². The summed E-state index contributed by atoms with van der Waals surface area (Å²) in [5.41, 5.74) is 0.241. The highest BCUT2D eigenvalue weighted by atomic mass is 32.1. The number of fused-ring (bicyclic) bond motifs is 4. The number of amides is 2. The third-order valence-electron chi connectivity index (χ3n) is 6.84. The van der Waals surface area contributed by atoms with Crippen molar-refractivity contribution >= 4 is 40.5 Å². The van der Waals surface area contributed by atoms with Gasteiger partial charge in [0.1, 0.15) is 0 Å². The Labute approximate surface area is 173 Å². The Bertz CT molecular complexity index is 962. The molecule has 29 heavy (non-hydrogen) atoms. The van der Waals surface area contributed by atoms with E-state index in [2.05, 4.69) is 17.1 Å². The zero-order valence-corrected chi connectivity index (χ0v) is 16.9. The number of rotatable bonds is 2. The third-order valence-corrected chi connectivity index (χ3v) is 7.14. The van der Waals surface area contributed by atoms with Crippen LogP contribution in [0.2, 0.25) is 0 Å². The van der Waals surface area contributed by atoms with E-state index >= 15 is 0 Å². The summed E-state index contributed by atoms with van der Waals surface area (Å²) in [5, 5.41) is 14.3. The minimum absolute atomic E-state index is 0.0269. The highest BCUT2D eigenvalue weighted by molar-refractivity contribution is 7.80. The molecule has 3 heterocycles. The second kappa shape index (κ2) is 6.22. The monoisotopic (exact) mass is 414 g/mol. The van der Waals surface area contributed by atoms with Gasteiger partial charge in [0.25, 0.3) is 5.69 Å². The van der Waals surface area contributed by atoms with E-state index < -0.39 is 10.3 Å². The van der Waals surface area contributed by atoms with Crippen LogP contribution in [0.1, 0.15) is 38.2 Å². The zero-order chi connectivity index (χ0) is 20.5. The fourth-order valence-corrected chi connectivity index (χ4v) is 5.53. The molecule has 2 saturated heterocycles. The maximum Gasteiger partial charge on any atom is 0.269 e. The second-order valence-electron chi connectivity index (χ2n) is 8.72. The van der Waals surface area contributed by atoms with Gasteiger partial charge in [0.15, 0.2) is 10.5 Å². The lowest BCUT2D eigenvalue weighted by molar-refractivity contribution is -0.384. The van der Waals surface area contributed by atoms with Crippen LogP contribution in [0.15, 0.2) is 18.2 Å². The topological polar surface area (TPSA) is 95.8 Å². The van der Waals surface area contributed by atoms with E-state index in [0.29, 0.717) is 18.0 Å². The smallest absolute Gasteiger partial charge is 0.269 e. The molecule has 1 saturated carbocycles. The first kappa shape index (κ1) is 18.5. The molecular formula is C20H22N4O4S. The molecule has 1 aliphatic carbocycles. The van der Waals surface area contributed by atoms with Crippen molar-refractivity contribution in [1.82, 2.24) is 10.2 Å². The van der Waals surface area contributed by atoms with Crippen molar-refractivity contribution in [2.24, 2.45) is 11.3 Å². The SMILES string of the molecule is C[C@H]1CCN2c3ccc([N+](=O)[O-])cc3C[C@]3(C(=O)NC(=S)N(C4CC4)C3=O)[C@@H]2C1. The Balaban J connectivity index is 1.67. The number of non-ortho nitro benzene ring substituents is 1. The van der Waals surface area contributed by atoms with Crippen LogP contribution in [-0.2, 0) is 16.0 Å². The lowest BCUT2D eigenvalue weighted by Gasteiger charge is -2.55. The van der Waals surface area contributed by atoms with Gasteiger partial charge < -0.3 is 10.2 Å². The Morgan fingerprint density at radius 3 is 2.72 bits per heavy atom. The molecule has 0 aromatic heterocycles. The number of hydrogen-bond donors (Lipinski definition) is 1. The van der Waals surface area contributed by atoms with Crippen molar-refractivity contribution < 1.29 is 14.5 Å². The number of piperidine rings is 1. The number of carbonyl (C=O) groups is 2. The van der Waals surface area contributed by atoms with Gasteiger partial charge in [0.2, 0.25) is 11.8 Å². The van der Waals surface area contributed by atoms with E-state index in [1.807, 2.05) is 0 Å². The number of hydrogen-bond acceptors (Lipinski definition) is 6. The van der Waals surface area contributed by atoms with E-state index in [9.17, 15) is 19.7 Å². The van der Waals surface area contributed by atoms with E-state index in [1.165, 1.54) is 12.1 Å². The first-order chi connectivity index (χ1) is 13.8. The van der Waals surface area contributed by atoms with Gasteiger partial charge in [-0.3, -0.25) is 24.6 Å². The molecule has 0 radical (unpaired) electrons. The van der Waals surface area contributed by atoms with Crippen LogP contribution in [0.3, 0.4) is 0 Å². The molecular weight excluding hydrogens is 392 g/mol. The van der Waals surface area contributed by atoms with E-state index in [1.54, 1.807) is 11.0 Å². The summed E-state index contributed by atoms with van der Waals surface area (Å²) in [6.45, 7) is 2.86. The molecule has 1 N–H and O–H groups in total. The minimum atomic E-state index is -1.30. The summed E-state index contributed by atoms with van der Waals surface area (Å²) in [4.78, 5) is 41.8. The molecule has 9 heteroatoms. The summed E-state index contributed by atoms with van der Waals surface area (Å²) in [7, 11) is 0. The van der Waals surface area contributed by atoms with Crippen molar-refractivity contribution in [3.8, 4) is 0 Å². The third kappa shape index (κ3) is 2.59. The lowest BCUT2D eigenvalue weighted by Crippen LogP contribution is -2.73. The van der Waals surface area contributed by atoms with Gasteiger partial charge in [0.05, 0.1) is 11.0 Å². The maximum atomic E-state index is 13.8. The van der Waals surface area contributed by atoms with Gasteiger partial charge in [-0.25, -0.2) is 0 Å². The minimum Gasteiger partial charge on any atom is -0.367 e. The van der Waals surface area contributed by atoms with Crippen LogP contribution in [-0.4, -0.2) is 45.4 Å². The Morgan fingerprint density at radius 2 is 2.03 bits per heavy atom. The van der Waals surface area contributed by atoms with E-state index in [-0.39, 0.29) is 41.1 Å². The lowest BCUT2D eigenvalue weighted by atomic mass is 9.65. The van der Waals surface area contributed by atoms with Crippen LogP contribution < -0.4 is 10.2 Å². The number of nitrogens with zero attached hydrogens (tertiary/aromatic N) is 3. The number of carbonyl (C=O) groups excluding carboxylic acids is 2. The van der Waals surface area contributed by atoms with E-state index in [0.717, 1.165) is 31.4 Å². The first-order valence-electron chi connectivity index (χ1n) is 10.1. The Kier molecular flexibility index (Phi) is 3.96. The summed E-state index contributed by atoms with van der Waals surface area (Å²) in [6, 6.07) is 4.55. The van der Waals surface area contributed by atoms with Gasteiger partial charge in [-0.15, -0.1) is 0 Å². The predicted molar refractivity (Wildman–Crippen MR) is 109 cm³/mol. The van der Waals surface area contributed by atoms with E-state index in [4.69, 9.17) is 12.2 Å². The highest BCUT2D eigenvalue weighted by Gasteiger charge is 2.63. The van der Waals surface area contributed by atoms with Crippen LogP contribution in [0.25, 0.3) is 0 Å². The van der Waals surface area contributed by atoms with Gasteiger partial charge in [-0.1, -0.05) is 6.92 Å². The van der Waals surface area contributed by atoms with Crippen LogP contribution in [0.4, 0.5) is 11.4 Å². The van der Waals surface area contributed by atoms with Gasteiger partial charge in [0, 0.05) is 36.8 Å².